The predicted octanol–water partition coefficient (Wildman–Crippen LogP) is 2.38. The zero-order valence-corrected chi connectivity index (χ0v) is 12.5. The molecule has 0 saturated carbocycles. The molecule has 106 valence electrons. The summed E-state index contributed by atoms with van der Waals surface area (Å²) >= 11 is 5.96. The Morgan fingerprint density at radius 2 is 1.84 bits per heavy atom. The van der Waals surface area contributed by atoms with Crippen LogP contribution in [0.25, 0.3) is 0 Å². The molecule has 0 atom stereocenters. The second-order valence-corrected chi connectivity index (χ2v) is 6.25. The molecule has 1 N–H and O–H groups in total. The largest absolute Gasteiger partial charge is 0.478 e. The van der Waals surface area contributed by atoms with Crippen LogP contribution in [0.15, 0.2) is 17.0 Å². The second kappa shape index (κ2) is 5.90. The van der Waals surface area contributed by atoms with Gasteiger partial charge < -0.3 is 5.11 Å². The minimum absolute atomic E-state index is 0.166. The topological polar surface area (TPSA) is 74.7 Å². The standard InChI is InChI=1S/C12H16ClNO4S/c1-4-14(5-2)19(17,18)9-7-6-8(3)10(11(9)13)12(15)16/h6-7H,4-5H2,1-3H3,(H,15,16). The van der Waals surface area contributed by atoms with Crippen LogP contribution in [0.4, 0.5) is 0 Å². The van der Waals surface area contributed by atoms with Crippen molar-refractivity contribution in [2.45, 2.75) is 25.7 Å². The van der Waals surface area contributed by atoms with Crippen molar-refractivity contribution in [1.82, 2.24) is 4.31 Å². The van der Waals surface area contributed by atoms with Gasteiger partial charge >= 0.3 is 5.97 Å². The zero-order chi connectivity index (χ0) is 14.8. The van der Waals surface area contributed by atoms with E-state index in [4.69, 9.17) is 16.7 Å². The molecule has 0 aliphatic carbocycles. The first-order valence-electron chi connectivity index (χ1n) is 5.79. The van der Waals surface area contributed by atoms with Crippen molar-refractivity contribution in [1.29, 1.82) is 0 Å². The average molecular weight is 306 g/mol. The molecule has 0 unspecified atom stereocenters. The number of carboxylic acids is 1. The smallest absolute Gasteiger partial charge is 0.337 e. The number of halogens is 1. The van der Waals surface area contributed by atoms with Gasteiger partial charge in [0, 0.05) is 13.1 Å². The first-order chi connectivity index (χ1) is 8.77. The molecule has 1 aromatic rings. The normalized spacial score (nSPS) is 11.8. The molecular formula is C12H16ClNO4S. The fourth-order valence-electron chi connectivity index (χ4n) is 1.82. The lowest BCUT2D eigenvalue weighted by molar-refractivity contribution is 0.0696. The molecule has 0 heterocycles. The summed E-state index contributed by atoms with van der Waals surface area (Å²) in [6, 6.07) is 2.80. The first kappa shape index (κ1) is 15.9. The number of hydrogen-bond donors (Lipinski definition) is 1. The van der Waals surface area contributed by atoms with E-state index < -0.39 is 16.0 Å². The Kier molecular flexibility index (Phi) is 4.95. The minimum Gasteiger partial charge on any atom is -0.478 e. The number of sulfonamides is 1. The molecule has 1 rings (SSSR count). The van der Waals surface area contributed by atoms with Gasteiger partial charge in [-0.25, -0.2) is 13.2 Å². The SMILES string of the molecule is CCN(CC)S(=O)(=O)c1ccc(C)c(C(=O)O)c1Cl. The van der Waals surface area contributed by atoms with Crippen LogP contribution in [0.1, 0.15) is 29.8 Å². The van der Waals surface area contributed by atoms with Crippen LogP contribution in [-0.4, -0.2) is 36.9 Å². The summed E-state index contributed by atoms with van der Waals surface area (Å²) in [6.07, 6.45) is 0. The molecule has 0 fully saturated rings. The predicted molar refractivity (Wildman–Crippen MR) is 73.3 cm³/mol. The summed E-state index contributed by atoms with van der Waals surface area (Å²) < 4.78 is 25.9. The van der Waals surface area contributed by atoms with E-state index >= 15 is 0 Å². The van der Waals surface area contributed by atoms with E-state index in [0.717, 1.165) is 0 Å². The highest BCUT2D eigenvalue weighted by atomic mass is 35.5. The quantitative estimate of drug-likeness (QED) is 0.906. The van der Waals surface area contributed by atoms with E-state index in [2.05, 4.69) is 0 Å². The number of aromatic carboxylic acids is 1. The fraction of sp³-hybridized carbons (Fsp3) is 0.417. The van der Waals surface area contributed by atoms with Gasteiger partial charge in [0.15, 0.2) is 0 Å². The number of carbonyl (C=O) groups is 1. The van der Waals surface area contributed by atoms with Crippen molar-refractivity contribution in [2.24, 2.45) is 0 Å². The highest BCUT2D eigenvalue weighted by Gasteiger charge is 2.27. The Hall–Kier alpha value is -1.11. The number of hydrogen-bond acceptors (Lipinski definition) is 3. The summed E-state index contributed by atoms with van der Waals surface area (Å²) in [4.78, 5) is 11.0. The third kappa shape index (κ3) is 2.91. The van der Waals surface area contributed by atoms with E-state index in [0.29, 0.717) is 18.7 Å². The molecule has 0 aromatic heterocycles. The Morgan fingerprint density at radius 3 is 2.26 bits per heavy atom. The van der Waals surface area contributed by atoms with Gasteiger partial charge in [-0.1, -0.05) is 31.5 Å². The summed E-state index contributed by atoms with van der Waals surface area (Å²) in [5.74, 6) is -1.24. The van der Waals surface area contributed by atoms with Crippen LogP contribution in [-0.2, 0) is 10.0 Å². The molecule has 7 heteroatoms. The number of benzene rings is 1. The molecule has 0 saturated heterocycles. The number of nitrogens with zero attached hydrogens (tertiary/aromatic N) is 1. The Bertz CT molecular complexity index is 594. The van der Waals surface area contributed by atoms with Crippen molar-refractivity contribution in [2.75, 3.05) is 13.1 Å². The van der Waals surface area contributed by atoms with Crippen molar-refractivity contribution in [3.8, 4) is 0 Å². The molecule has 5 nitrogen and oxygen atoms in total. The third-order valence-corrected chi connectivity index (χ3v) is 5.45. The monoisotopic (exact) mass is 305 g/mol. The lowest BCUT2D eigenvalue weighted by Crippen LogP contribution is -2.31. The molecule has 0 radical (unpaired) electrons. The molecular weight excluding hydrogens is 290 g/mol. The molecule has 0 aliphatic heterocycles. The van der Waals surface area contributed by atoms with Crippen molar-refractivity contribution >= 4 is 27.6 Å². The highest BCUT2D eigenvalue weighted by molar-refractivity contribution is 7.89. The summed E-state index contributed by atoms with van der Waals surface area (Å²) in [7, 11) is -3.77. The maximum Gasteiger partial charge on any atom is 0.337 e. The summed E-state index contributed by atoms with van der Waals surface area (Å²) in [6.45, 7) is 5.59. The number of aryl methyl sites for hydroxylation is 1. The number of carboxylic acid groups (broad SMARTS) is 1. The molecule has 0 spiro atoms. The lowest BCUT2D eigenvalue weighted by atomic mass is 10.1. The van der Waals surface area contributed by atoms with E-state index in [-0.39, 0.29) is 15.5 Å². The van der Waals surface area contributed by atoms with Crippen LogP contribution in [0.5, 0.6) is 0 Å². The van der Waals surface area contributed by atoms with Gasteiger partial charge in [0.2, 0.25) is 10.0 Å². The summed E-state index contributed by atoms with van der Waals surface area (Å²) in [5.41, 5.74) is 0.255. The van der Waals surface area contributed by atoms with Crippen molar-refractivity contribution in [3.63, 3.8) is 0 Å². The van der Waals surface area contributed by atoms with Gasteiger partial charge in [-0.2, -0.15) is 4.31 Å². The first-order valence-corrected chi connectivity index (χ1v) is 7.61. The molecule has 19 heavy (non-hydrogen) atoms. The van der Waals surface area contributed by atoms with Crippen molar-refractivity contribution in [3.05, 3.63) is 28.3 Å². The second-order valence-electron chi connectivity index (χ2n) is 3.96. The van der Waals surface area contributed by atoms with Crippen LogP contribution in [0, 0.1) is 6.92 Å². The van der Waals surface area contributed by atoms with Gasteiger partial charge in [-0.15, -0.1) is 0 Å². The molecule has 0 bridgehead atoms. The highest BCUT2D eigenvalue weighted by Crippen LogP contribution is 2.30. The zero-order valence-electron chi connectivity index (χ0n) is 11.0. The molecule has 1 aromatic carbocycles. The van der Waals surface area contributed by atoms with E-state index in [1.54, 1.807) is 20.8 Å². The third-order valence-electron chi connectivity index (χ3n) is 2.85. The van der Waals surface area contributed by atoms with Gasteiger partial charge in [-0.3, -0.25) is 0 Å². The minimum atomic E-state index is -3.77. The molecule has 0 aliphatic rings. The molecule has 0 amide bonds. The maximum absolute atomic E-state index is 12.3. The Balaban J connectivity index is 3.54. The summed E-state index contributed by atoms with van der Waals surface area (Å²) in [5, 5.41) is 8.86. The van der Waals surface area contributed by atoms with Gasteiger partial charge in [0.25, 0.3) is 0 Å². The van der Waals surface area contributed by atoms with Gasteiger partial charge in [0.1, 0.15) is 4.90 Å². The Labute approximate surface area is 117 Å². The van der Waals surface area contributed by atoms with E-state index in [1.165, 1.54) is 16.4 Å². The van der Waals surface area contributed by atoms with Crippen LogP contribution in [0.3, 0.4) is 0 Å². The number of rotatable bonds is 5. The van der Waals surface area contributed by atoms with Crippen molar-refractivity contribution < 1.29 is 18.3 Å². The lowest BCUT2D eigenvalue weighted by Gasteiger charge is -2.20. The Morgan fingerprint density at radius 1 is 1.32 bits per heavy atom. The van der Waals surface area contributed by atoms with Gasteiger partial charge in [0.05, 0.1) is 10.6 Å². The van der Waals surface area contributed by atoms with Gasteiger partial charge in [-0.05, 0) is 18.6 Å². The van der Waals surface area contributed by atoms with Crippen LogP contribution in [0.2, 0.25) is 5.02 Å². The fourth-order valence-corrected chi connectivity index (χ4v) is 3.93. The van der Waals surface area contributed by atoms with Crippen LogP contribution < -0.4 is 0 Å². The van der Waals surface area contributed by atoms with E-state index in [1.807, 2.05) is 0 Å². The van der Waals surface area contributed by atoms with E-state index in [9.17, 15) is 13.2 Å². The van der Waals surface area contributed by atoms with Crippen LogP contribution >= 0.6 is 11.6 Å². The maximum atomic E-state index is 12.3. The average Bonchev–Trinajstić information content (AvgIpc) is 2.29.